The van der Waals surface area contributed by atoms with Crippen LogP contribution in [-0.4, -0.2) is 47.5 Å². The van der Waals surface area contributed by atoms with Crippen molar-refractivity contribution in [3.63, 3.8) is 0 Å². The monoisotopic (exact) mass is 442 g/mol. The first-order valence-corrected chi connectivity index (χ1v) is 11.9. The van der Waals surface area contributed by atoms with Crippen LogP contribution in [0.1, 0.15) is 31.4 Å². The number of aryl methyl sites for hydroxylation is 1. The van der Waals surface area contributed by atoms with Crippen LogP contribution < -0.4 is 10.2 Å². The maximum absolute atomic E-state index is 13.1. The van der Waals surface area contributed by atoms with Gasteiger partial charge >= 0.3 is 0 Å². The third-order valence-electron chi connectivity index (χ3n) is 6.89. The number of nitrogens with zero attached hydrogens (tertiary/aromatic N) is 3. The van der Waals surface area contributed by atoms with Gasteiger partial charge in [-0.25, -0.2) is 0 Å². The number of para-hydroxylation sites is 2. The van der Waals surface area contributed by atoms with Crippen LogP contribution in [0.5, 0.6) is 0 Å². The van der Waals surface area contributed by atoms with Gasteiger partial charge in [0.2, 0.25) is 0 Å². The van der Waals surface area contributed by atoms with Crippen LogP contribution >= 0.6 is 0 Å². The molecule has 6 heteroatoms. The summed E-state index contributed by atoms with van der Waals surface area (Å²) in [5, 5.41) is 3.69. The molecule has 1 N–H and O–H groups in total. The van der Waals surface area contributed by atoms with Crippen molar-refractivity contribution in [2.24, 2.45) is 0 Å². The van der Waals surface area contributed by atoms with Crippen LogP contribution in [0.25, 0.3) is 16.6 Å². The number of anilines is 1. The number of benzene rings is 2. The molecule has 5 rings (SSSR count). The van der Waals surface area contributed by atoms with Crippen molar-refractivity contribution in [1.82, 2.24) is 14.8 Å². The molecule has 170 valence electrons. The van der Waals surface area contributed by atoms with E-state index in [2.05, 4.69) is 42.4 Å². The fourth-order valence-corrected chi connectivity index (χ4v) is 5.15. The molecule has 3 heterocycles. The molecule has 0 aliphatic carbocycles. The summed E-state index contributed by atoms with van der Waals surface area (Å²) in [6, 6.07) is 16.3. The van der Waals surface area contributed by atoms with Gasteiger partial charge in [0, 0.05) is 23.8 Å². The number of rotatable bonds is 8. The Morgan fingerprint density at radius 2 is 1.67 bits per heavy atom. The second kappa shape index (κ2) is 8.87. The summed E-state index contributed by atoms with van der Waals surface area (Å²) in [6.07, 6.45) is 4.89. The standard InChI is InChI=1S/C27H30N4O2/c1-3-29(4-2)16-9-11-20-18-31(23-14-8-6-12-21(20)23)25-24(26(32)28-27(25)33)30-17-15-19-10-5-7-13-22(19)30/h5-8,10,12-14,18H,3-4,9,11,15-17H2,1-2H3,(H,28,32,33). The van der Waals surface area contributed by atoms with E-state index in [4.69, 9.17) is 0 Å². The molecular formula is C27H30N4O2. The number of nitrogens with one attached hydrogen (secondary N) is 1. The predicted octanol–water partition coefficient (Wildman–Crippen LogP) is 3.80. The second-order valence-corrected chi connectivity index (χ2v) is 8.68. The summed E-state index contributed by atoms with van der Waals surface area (Å²) in [6.45, 7) is 8.21. The van der Waals surface area contributed by atoms with Gasteiger partial charge in [-0.2, -0.15) is 0 Å². The van der Waals surface area contributed by atoms with Crippen LogP contribution in [0.3, 0.4) is 0 Å². The molecule has 33 heavy (non-hydrogen) atoms. The molecule has 2 aromatic carbocycles. The molecule has 2 amide bonds. The second-order valence-electron chi connectivity index (χ2n) is 8.68. The van der Waals surface area contributed by atoms with Crippen molar-refractivity contribution >= 4 is 34.1 Å². The first-order chi connectivity index (χ1) is 16.1. The Morgan fingerprint density at radius 1 is 0.939 bits per heavy atom. The van der Waals surface area contributed by atoms with E-state index in [1.54, 1.807) is 0 Å². The molecule has 6 nitrogen and oxygen atoms in total. The number of fused-ring (bicyclic) bond motifs is 2. The van der Waals surface area contributed by atoms with Crippen molar-refractivity contribution in [2.45, 2.75) is 33.1 Å². The van der Waals surface area contributed by atoms with Crippen LogP contribution in [0.15, 0.2) is 60.4 Å². The van der Waals surface area contributed by atoms with Crippen molar-refractivity contribution in [1.29, 1.82) is 0 Å². The van der Waals surface area contributed by atoms with Gasteiger partial charge in [-0.1, -0.05) is 50.2 Å². The Labute approximate surface area is 194 Å². The molecule has 0 radical (unpaired) electrons. The first kappa shape index (κ1) is 21.5. The van der Waals surface area contributed by atoms with Crippen LogP contribution in [-0.2, 0) is 22.4 Å². The van der Waals surface area contributed by atoms with E-state index in [1.807, 2.05) is 45.9 Å². The third-order valence-corrected chi connectivity index (χ3v) is 6.89. The maximum Gasteiger partial charge on any atom is 0.277 e. The third kappa shape index (κ3) is 3.74. The van der Waals surface area contributed by atoms with Crippen molar-refractivity contribution in [3.8, 4) is 0 Å². The zero-order valence-corrected chi connectivity index (χ0v) is 19.3. The minimum absolute atomic E-state index is 0.326. The first-order valence-electron chi connectivity index (χ1n) is 11.9. The molecule has 0 spiro atoms. The highest BCUT2D eigenvalue weighted by Gasteiger charge is 2.38. The Hall–Kier alpha value is -3.38. The molecule has 0 atom stereocenters. The summed E-state index contributed by atoms with van der Waals surface area (Å²) < 4.78 is 1.93. The minimum atomic E-state index is -0.338. The normalized spacial score (nSPS) is 15.8. The Kier molecular flexibility index (Phi) is 5.77. The highest BCUT2D eigenvalue weighted by Crippen LogP contribution is 2.36. The summed E-state index contributed by atoms with van der Waals surface area (Å²) >= 11 is 0. The topological polar surface area (TPSA) is 57.6 Å². The van der Waals surface area contributed by atoms with E-state index in [0.29, 0.717) is 17.9 Å². The minimum Gasteiger partial charge on any atom is -0.335 e. The Bertz CT molecular complexity index is 1250. The van der Waals surface area contributed by atoms with E-state index in [-0.39, 0.29) is 11.8 Å². The van der Waals surface area contributed by atoms with Crippen LogP contribution in [0.4, 0.5) is 5.69 Å². The SMILES string of the molecule is CCN(CC)CCCc1cn(C2=C(N3CCc4ccccc43)C(=O)NC2=O)c2ccccc12. The molecule has 0 saturated carbocycles. The average molecular weight is 443 g/mol. The van der Waals surface area contributed by atoms with Gasteiger partial charge in [-0.05, 0) is 62.2 Å². The molecule has 3 aromatic rings. The Balaban J connectivity index is 1.57. The highest BCUT2D eigenvalue weighted by atomic mass is 16.2. The van der Waals surface area contributed by atoms with Gasteiger partial charge in [-0.15, -0.1) is 0 Å². The smallest absolute Gasteiger partial charge is 0.277 e. The molecule has 0 bridgehead atoms. The molecule has 2 aliphatic heterocycles. The number of amides is 2. The summed E-state index contributed by atoms with van der Waals surface area (Å²) in [4.78, 5) is 30.4. The zero-order chi connectivity index (χ0) is 22.9. The van der Waals surface area contributed by atoms with Gasteiger partial charge < -0.3 is 14.4 Å². The lowest BCUT2D eigenvalue weighted by molar-refractivity contribution is -0.123. The molecule has 0 unspecified atom stereocenters. The number of aromatic nitrogens is 1. The van der Waals surface area contributed by atoms with Gasteiger partial charge in [0.25, 0.3) is 11.8 Å². The van der Waals surface area contributed by atoms with E-state index in [1.165, 1.54) is 11.1 Å². The van der Waals surface area contributed by atoms with Gasteiger partial charge in [0.05, 0.1) is 5.52 Å². The van der Waals surface area contributed by atoms with Gasteiger partial charge in [-0.3, -0.25) is 14.9 Å². The molecular weight excluding hydrogens is 412 g/mol. The number of hydrogen-bond donors (Lipinski definition) is 1. The summed E-state index contributed by atoms with van der Waals surface area (Å²) in [5.74, 6) is -0.664. The van der Waals surface area contributed by atoms with Crippen LogP contribution in [0, 0.1) is 0 Å². The van der Waals surface area contributed by atoms with Crippen molar-refractivity contribution < 1.29 is 9.59 Å². The van der Waals surface area contributed by atoms with Crippen molar-refractivity contribution in [3.05, 3.63) is 71.6 Å². The fourth-order valence-electron chi connectivity index (χ4n) is 5.15. The number of carbonyl (C=O) groups excluding carboxylic acids is 2. The van der Waals surface area contributed by atoms with E-state index in [0.717, 1.165) is 55.5 Å². The predicted molar refractivity (Wildman–Crippen MR) is 132 cm³/mol. The largest absolute Gasteiger partial charge is 0.335 e. The summed E-state index contributed by atoms with van der Waals surface area (Å²) in [5.41, 5.74) is 5.23. The van der Waals surface area contributed by atoms with Crippen molar-refractivity contribution in [2.75, 3.05) is 31.1 Å². The lowest BCUT2D eigenvalue weighted by Gasteiger charge is -2.20. The van der Waals surface area contributed by atoms with Crippen LogP contribution in [0.2, 0.25) is 0 Å². The van der Waals surface area contributed by atoms with Gasteiger partial charge in [0.1, 0.15) is 11.4 Å². The zero-order valence-electron chi connectivity index (χ0n) is 19.3. The molecule has 0 fully saturated rings. The number of imide groups is 1. The number of hydrogen-bond acceptors (Lipinski definition) is 4. The van der Waals surface area contributed by atoms with E-state index >= 15 is 0 Å². The highest BCUT2D eigenvalue weighted by molar-refractivity contribution is 6.34. The molecule has 1 aromatic heterocycles. The molecule has 2 aliphatic rings. The lowest BCUT2D eigenvalue weighted by Crippen LogP contribution is -2.29. The Morgan fingerprint density at radius 3 is 2.48 bits per heavy atom. The average Bonchev–Trinajstić information content (AvgIpc) is 3.49. The fraction of sp³-hybridized carbons (Fsp3) is 0.333. The summed E-state index contributed by atoms with van der Waals surface area (Å²) in [7, 11) is 0. The van der Waals surface area contributed by atoms with E-state index in [9.17, 15) is 9.59 Å². The molecule has 0 saturated heterocycles. The van der Waals surface area contributed by atoms with Gasteiger partial charge in [0.15, 0.2) is 0 Å². The van der Waals surface area contributed by atoms with E-state index < -0.39 is 0 Å². The maximum atomic E-state index is 13.1. The number of carbonyl (C=O) groups is 2. The lowest BCUT2D eigenvalue weighted by atomic mass is 10.1. The quantitative estimate of drug-likeness (QED) is 0.539.